The molecule has 0 N–H and O–H groups in total. The molecule has 1 aliphatic rings. The van der Waals surface area contributed by atoms with Crippen LogP contribution < -0.4 is 4.90 Å². The first-order valence-electron chi connectivity index (χ1n) is 9.37. The van der Waals surface area contributed by atoms with Crippen LogP contribution in [0.1, 0.15) is 24.8 Å². The lowest BCUT2D eigenvalue weighted by atomic mass is 10.1. The van der Waals surface area contributed by atoms with E-state index in [2.05, 4.69) is 34.2 Å². The van der Waals surface area contributed by atoms with Gasteiger partial charge in [0.15, 0.2) is 11.5 Å². The Bertz CT molecular complexity index is 1130. The summed E-state index contributed by atoms with van der Waals surface area (Å²) in [6, 6.07) is 12.6. The minimum absolute atomic E-state index is 0.261. The maximum atomic E-state index is 13.4. The first kappa shape index (κ1) is 16.2. The molecule has 0 unspecified atom stereocenters. The molecular weight excluding hydrogens is 341 g/mol. The molecule has 5 nitrogen and oxygen atoms in total. The highest BCUT2D eigenvalue weighted by molar-refractivity contribution is 5.94. The normalized spacial score (nSPS) is 15.0. The second kappa shape index (κ2) is 6.30. The Morgan fingerprint density at radius 3 is 2.48 bits per heavy atom. The van der Waals surface area contributed by atoms with Gasteiger partial charge in [0.25, 0.3) is 0 Å². The number of piperidine rings is 1. The third kappa shape index (κ3) is 2.72. The number of aryl methyl sites for hydroxylation is 1. The largest absolute Gasteiger partial charge is 0.342 e. The molecule has 5 rings (SSSR count). The van der Waals surface area contributed by atoms with Crippen molar-refractivity contribution in [2.24, 2.45) is 0 Å². The summed E-state index contributed by atoms with van der Waals surface area (Å²) in [6.07, 6.45) is 3.56. The highest BCUT2D eigenvalue weighted by atomic mass is 19.1. The number of benzene rings is 2. The third-order valence-electron chi connectivity index (χ3n) is 5.22. The predicted molar refractivity (Wildman–Crippen MR) is 104 cm³/mol. The number of aromatic nitrogens is 4. The summed E-state index contributed by atoms with van der Waals surface area (Å²) in [5.41, 5.74) is 3.70. The fourth-order valence-electron chi connectivity index (χ4n) is 3.82. The van der Waals surface area contributed by atoms with Gasteiger partial charge >= 0.3 is 0 Å². The Morgan fingerprint density at radius 1 is 0.926 bits per heavy atom. The van der Waals surface area contributed by atoms with Gasteiger partial charge in [-0.25, -0.2) is 13.8 Å². The van der Waals surface area contributed by atoms with Crippen LogP contribution in [0.2, 0.25) is 0 Å². The maximum absolute atomic E-state index is 13.4. The molecule has 0 aliphatic carbocycles. The zero-order valence-electron chi connectivity index (χ0n) is 15.2. The average Bonchev–Trinajstić information content (AvgIpc) is 3.14. The topological polar surface area (TPSA) is 46.3 Å². The summed E-state index contributed by atoms with van der Waals surface area (Å²) >= 11 is 0. The Morgan fingerprint density at radius 2 is 1.70 bits per heavy atom. The number of hydrogen-bond acceptors (Lipinski definition) is 4. The number of hydrogen-bond donors (Lipinski definition) is 0. The Kier molecular flexibility index (Phi) is 3.77. The van der Waals surface area contributed by atoms with Crippen LogP contribution in [-0.4, -0.2) is 32.7 Å². The molecule has 0 atom stereocenters. The van der Waals surface area contributed by atoms with Crippen molar-refractivity contribution in [3.8, 4) is 11.4 Å². The van der Waals surface area contributed by atoms with Crippen molar-refractivity contribution in [1.29, 1.82) is 0 Å². The number of nitrogens with zero attached hydrogens (tertiary/aromatic N) is 5. The number of fused-ring (bicyclic) bond motifs is 3. The predicted octanol–water partition coefficient (Wildman–Crippen LogP) is 4.38. The van der Waals surface area contributed by atoms with E-state index >= 15 is 0 Å². The number of halogens is 1. The minimum Gasteiger partial charge on any atom is -0.342 e. The quantitative estimate of drug-likeness (QED) is 0.531. The van der Waals surface area contributed by atoms with E-state index in [1.165, 1.54) is 18.6 Å². The molecule has 0 saturated carbocycles. The summed E-state index contributed by atoms with van der Waals surface area (Å²) in [6.45, 7) is 4.01. The molecule has 0 amide bonds. The summed E-state index contributed by atoms with van der Waals surface area (Å²) in [5, 5.41) is 9.93. The van der Waals surface area contributed by atoms with Crippen molar-refractivity contribution in [1.82, 2.24) is 19.6 Å². The van der Waals surface area contributed by atoms with Gasteiger partial charge in [-0.2, -0.15) is 0 Å². The molecule has 2 aromatic carbocycles. The van der Waals surface area contributed by atoms with E-state index < -0.39 is 0 Å². The zero-order valence-corrected chi connectivity index (χ0v) is 15.2. The summed E-state index contributed by atoms with van der Waals surface area (Å²) in [5.74, 6) is 1.30. The first-order chi connectivity index (χ1) is 13.2. The van der Waals surface area contributed by atoms with E-state index in [4.69, 9.17) is 4.98 Å². The Labute approximate surface area is 156 Å². The maximum Gasteiger partial charge on any atom is 0.213 e. The fourth-order valence-corrected chi connectivity index (χ4v) is 3.82. The zero-order chi connectivity index (χ0) is 18.4. The SMILES string of the molecule is Cc1ccc2nc(N3CCCCC3)n3c(-c4ccc(F)cc4)nnc3c2c1. The van der Waals surface area contributed by atoms with Crippen LogP contribution >= 0.6 is 0 Å². The van der Waals surface area contributed by atoms with E-state index in [1.54, 1.807) is 12.1 Å². The van der Waals surface area contributed by atoms with Crippen molar-refractivity contribution in [3.63, 3.8) is 0 Å². The van der Waals surface area contributed by atoms with Gasteiger partial charge in [0.1, 0.15) is 5.82 Å². The number of rotatable bonds is 2. The second-order valence-corrected chi connectivity index (χ2v) is 7.17. The molecule has 3 heterocycles. The first-order valence-corrected chi connectivity index (χ1v) is 9.37. The molecule has 1 fully saturated rings. The van der Waals surface area contributed by atoms with Gasteiger partial charge in [0.05, 0.1) is 5.52 Å². The minimum atomic E-state index is -0.261. The van der Waals surface area contributed by atoms with Crippen molar-refractivity contribution >= 4 is 22.5 Å². The number of anilines is 1. The summed E-state index contributed by atoms with van der Waals surface area (Å²) in [7, 11) is 0. The summed E-state index contributed by atoms with van der Waals surface area (Å²) in [4.78, 5) is 7.29. The van der Waals surface area contributed by atoms with Crippen LogP contribution in [0.3, 0.4) is 0 Å². The average molecular weight is 361 g/mol. The van der Waals surface area contributed by atoms with Gasteiger partial charge in [0.2, 0.25) is 5.95 Å². The van der Waals surface area contributed by atoms with Gasteiger partial charge < -0.3 is 4.90 Å². The fraction of sp³-hybridized carbons (Fsp3) is 0.286. The molecule has 6 heteroatoms. The molecular formula is C21H20FN5. The second-order valence-electron chi connectivity index (χ2n) is 7.17. The van der Waals surface area contributed by atoms with Crippen molar-refractivity contribution < 1.29 is 4.39 Å². The van der Waals surface area contributed by atoms with Crippen LogP contribution in [0.15, 0.2) is 42.5 Å². The van der Waals surface area contributed by atoms with Gasteiger partial charge in [-0.1, -0.05) is 11.6 Å². The Balaban J connectivity index is 1.82. The summed E-state index contributed by atoms with van der Waals surface area (Å²) < 4.78 is 15.4. The lowest BCUT2D eigenvalue weighted by Crippen LogP contribution is -2.32. The molecule has 4 aromatic rings. The Hall–Kier alpha value is -3.02. The van der Waals surface area contributed by atoms with E-state index in [1.807, 2.05) is 10.5 Å². The molecule has 0 radical (unpaired) electrons. The molecule has 27 heavy (non-hydrogen) atoms. The molecule has 2 aromatic heterocycles. The smallest absolute Gasteiger partial charge is 0.213 e. The van der Waals surface area contributed by atoms with E-state index in [0.717, 1.165) is 59.6 Å². The molecule has 0 spiro atoms. The van der Waals surface area contributed by atoms with Crippen molar-refractivity contribution in [2.75, 3.05) is 18.0 Å². The van der Waals surface area contributed by atoms with Crippen LogP contribution in [0.25, 0.3) is 27.9 Å². The van der Waals surface area contributed by atoms with Crippen LogP contribution in [0.4, 0.5) is 10.3 Å². The van der Waals surface area contributed by atoms with Gasteiger partial charge in [-0.15, -0.1) is 10.2 Å². The molecule has 0 bridgehead atoms. The third-order valence-corrected chi connectivity index (χ3v) is 5.22. The van der Waals surface area contributed by atoms with Crippen LogP contribution in [-0.2, 0) is 0 Å². The van der Waals surface area contributed by atoms with Crippen molar-refractivity contribution in [2.45, 2.75) is 26.2 Å². The lowest BCUT2D eigenvalue weighted by Gasteiger charge is -2.28. The van der Waals surface area contributed by atoms with E-state index in [-0.39, 0.29) is 5.82 Å². The van der Waals surface area contributed by atoms with Gasteiger partial charge in [-0.05, 0) is 62.6 Å². The van der Waals surface area contributed by atoms with E-state index in [0.29, 0.717) is 5.82 Å². The lowest BCUT2D eigenvalue weighted by molar-refractivity contribution is 0.567. The molecule has 1 aliphatic heterocycles. The van der Waals surface area contributed by atoms with Crippen molar-refractivity contribution in [3.05, 3.63) is 53.8 Å². The molecule has 136 valence electrons. The standard InChI is InChI=1S/C21H20FN5/c1-14-5-10-18-17(13-14)20-25-24-19(15-6-8-16(22)9-7-15)27(20)21(23-18)26-11-3-2-4-12-26/h5-10,13H,2-4,11-12H2,1H3. The van der Waals surface area contributed by atoms with Crippen LogP contribution in [0, 0.1) is 12.7 Å². The van der Waals surface area contributed by atoms with Gasteiger partial charge in [-0.3, -0.25) is 0 Å². The van der Waals surface area contributed by atoms with E-state index in [9.17, 15) is 4.39 Å². The highest BCUT2D eigenvalue weighted by Crippen LogP contribution is 2.30. The van der Waals surface area contributed by atoms with Crippen LogP contribution in [0.5, 0.6) is 0 Å². The molecule has 1 saturated heterocycles. The monoisotopic (exact) mass is 361 g/mol. The van der Waals surface area contributed by atoms with Gasteiger partial charge in [0, 0.05) is 24.0 Å². The highest BCUT2D eigenvalue weighted by Gasteiger charge is 2.21.